The molecule has 0 heterocycles. The van der Waals surface area contributed by atoms with Gasteiger partial charge in [-0.15, -0.1) is 0 Å². The van der Waals surface area contributed by atoms with Gasteiger partial charge < -0.3 is 4.74 Å². The van der Waals surface area contributed by atoms with Crippen molar-refractivity contribution in [2.75, 3.05) is 0 Å². The van der Waals surface area contributed by atoms with Crippen LogP contribution < -0.4 is 0 Å². The highest BCUT2D eigenvalue weighted by Gasteiger charge is 2.45. The minimum Gasteiger partial charge on any atom is -0.462 e. The molecular formula is C15H21F3N2O2. The molecule has 0 saturated heterocycles. The molecule has 0 spiro atoms. The van der Waals surface area contributed by atoms with Crippen LogP contribution in [-0.2, 0) is 9.53 Å². The van der Waals surface area contributed by atoms with Crippen LogP contribution in [0.1, 0.15) is 47.0 Å². The first-order valence-corrected chi connectivity index (χ1v) is 7.07. The molecule has 0 fully saturated rings. The van der Waals surface area contributed by atoms with Gasteiger partial charge in [-0.2, -0.15) is 23.7 Å². The van der Waals surface area contributed by atoms with Crippen LogP contribution in [0.15, 0.2) is 0 Å². The number of ether oxygens (including phenoxy) is 1. The zero-order valence-corrected chi connectivity index (χ0v) is 13.2. The average Bonchev–Trinajstić information content (AvgIpc) is 2.37. The Morgan fingerprint density at radius 1 is 1.09 bits per heavy atom. The summed E-state index contributed by atoms with van der Waals surface area (Å²) < 4.78 is 42.2. The van der Waals surface area contributed by atoms with Gasteiger partial charge in [0, 0.05) is 6.42 Å². The summed E-state index contributed by atoms with van der Waals surface area (Å²) in [6.07, 6.45) is -6.38. The van der Waals surface area contributed by atoms with E-state index < -0.39 is 42.4 Å². The largest absolute Gasteiger partial charge is 0.462 e. The molecule has 124 valence electrons. The van der Waals surface area contributed by atoms with Gasteiger partial charge in [-0.25, -0.2) is 0 Å². The Kier molecular flexibility index (Phi) is 7.38. The smallest absolute Gasteiger partial charge is 0.389 e. The van der Waals surface area contributed by atoms with Crippen molar-refractivity contribution in [3.8, 4) is 12.1 Å². The van der Waals surface area contributed by atoms with Gasteiger partial charge in [0.2, 0.25) is 0 Å². The van der Waals surface area contributed by atoms with E-state index in [1.54, 1.807) is 19.1 Å². The normalized spacial score (nSPS) is 14.8. The van der Waals surface area contributed by atoms with Crippen molar-refractivity contribution in [3.63, 3.8) is 0 Å². The van der Waals surface area contributed by atoms with Crippen LogP contribution in [0.2, 0.25) is 0 Å². The van der Waals surface area contributed by atoms with Crippen molar-refractivity contribution in [2.24, 2.45) is 17.3 Å². The molecule has 0 N–H and O–H groups in total. The molecule has 0 rings (SSSR count). The van der Waals surface area contributed by atoms with Crippen molar-refractivity contribution >= 4 is 5.97 Å². The highest BCUT2D eigenvalue weighted by molar-refractivity contribution is 5.74. The molecule has 0 saturated carbocycles. The number of rotatable bonds is 7. The first-order valence-electron chi connectivity index (χ1n) is 7.07. The van der Waals surface area contributed by atoms with Gasteiger partial charge in [0.25, 0.3) is 0 Å². The maximum atomic E-state index is 12.3. The summed E-state index contributed by atoms with van der Waals surface area (Å²) in [5, 5.41) is 18.2. The van der Waals surface area contributed by atoms with Crippen LogP contribution in [0.3, 0.4) is 0 Å². The Bertz CT molecular complexity index is 447. The fraction of sp³-hybridized carbons (Fsp3) is 0.800. The summed E-state index contributed by atoms with van der Waals surface area (Å²) in [4.78, 5) is 12.0. The lowest BCUT2D eigenvalue weighted by molar-refractivity contribution is -0.158. The average molecular weight is 318 g/mol. The van der Waals surface area contributed by atoms with Crippen molar-refractivity contribution in [2.45, 2.75) is 59.2 Å². The van der Waals surface area contributed by atoms with Crippen molar-refractivity contribution in [1.82, 2.24) is 0 Å². The Labute approximate surface area is 128 Å². The number of hydrogen-bond acceptors (Lipinski definition) is 4. The molecule has 7 heteroatoms. The highest BCUT2D eigenvalue weighted by atomic mass is 19.4. The predicted molar refractivity (Wildman–Crippen MR) is 73.1 cm³/mol. The maximum Gasteiger partial charge on any atom is 0.389 e. The van der Waals surface area contributed by atoms with Gasteiger partial charge >= 0.3 is 12.1 Å². The minimum absolute atomic E-state index is 0.278. The van der Waals surface area contributed by atoms with E-state index >= 15 is 0 Å². The van der Waals surface area contributed by atoms with E-state index in [2.05, 4.69) is 0 Å². The maximum absolute atomic E-state index is 12.3. The zero-order valence-electron chi connectivity index (χ0n) is 13.2. The quantitative estimate of drug-likeness (QED) is 0.666. The van der Waals surface area contributed by atoms with Crippen LogP contribution in [0.4, 0.5) is 13.2 Å². The first-order chi connectivity index (χ1) is 9.97. The molecule has 4 nitrogen and oxygen atoms in total. The van der Waals surface area contributed by atoms with Gasteiger partial charge in [-0.1, -0.05) is 13.8 Å². The van der Waals surface area contributed by atoms with Gasteiger partial charge in [-0.05, 0) is 32.6 Å². The molecular weight excluding hydrogens is 297 g/mol. The van der Waals surface area contributed by atoms with Gasteiger partial charge in [0.15, 0.2) is 5.41 Å². The molecule has 0 aliphatic heterocycles. The van der Waals surface area contributed by atoms with Crippen LogP contribution in [-0.4, -0.2) is 18.2 Å². The molecule has 0 bridgehead atoms. The highest BCUT2D eigenvalue weighted by Crippen LogP contribution is 2.37. The summed E-state index contributed by atoms with van der Waals surface area (Å²) in [5.74, 6) is -1.79. The van der Waals surface area contributed by atoms with Crippen molar-refractivity contribution < 1.29 is 22.7 Å². The van der Waals surface area contributed by atoms with Crippen LogP contribution >= 0.6 is 0 Å². The number of hydrogen-bond donors (Lipinski definition) is 0. The SMILES string of the molecule is CC(C)CC(C)OC(=O)C(C)C(C#N)(C#N)CCC(F)(F)F. The molecule has 2 atom stereocenters. The van der Waals surface area contributed by atoms with Crippen LogP contribution in [0.25, 0.3) is 0 Å². The minimum atomic E-state index is -4.49. The third-order valence-electron chi connectivity index (χ3n) is 3.42. The number of nitrogens with zero attached hydrogens (tertiary/aromatic N) is 2. The summed E-state index contributed by atoms with van der Waals surface area (Å²) >= 11 is 0. The van der Waals surface area contributed by atoms with E-state index in [1.165, 1.54) is 6.92 Å². The summed E-state index contributed by atoms with van der Waals surface area (Å²) in [5.41, 5.74) is -2.04. The summed E-state index contributed by atoms with van der Waals surface area (Å²) in [7, 11) is 0. The molecule has 0 radical (unpaired) electrons. The van der Waals surface area contributed by atoms with E-state index in [-0.39, 0.29) is 5.92 Å². The van der Waals surface area contributed by atoms with Crippen molar-refractivity contribution in [1.29, 1.82) is 10.5 Å². The van der Waals surface area contributed by atoms with E-state index in [1.807, 2.05) is 13.8 Å². The third kappa shape index (κ3) is 6.34. The molecule has 0 aromatic heterocycles. The molecule has 0 aliphatic rings. The zero-order chi connectivity index (χ0) is 17.6. The van der Waals surface area contributed by atoms with Crippen molar-refractivity contribution in [3.05, 3.63) is 0 Å². The number of alkyl halides is 3. The second kappa shape index (κ2) is 8.03. The monoisotopic (exact) mass is 318 g/mol. The van der Waals surface area contributed by atoms with Gasteiger partial charge in [-0.3, -0.25) is 4.79 Å². The van der Waals surface area contributed by atoms with E-state index in [0.717, 1.165) is 0 Å². The molecule has 0 aromatic rings. The summed E-state index contributed by atoms with van der Waals surface area (Å²) in [6.45, 7) is 6.80. The number of halogens is 3. The number of nitriles is 2. The summed E-state index contributed by atoms with van der Waals surface area (Å²) in [6, 6.07) is 3.14. The fourth-order valence-electron chi connectivity index (χ4n) is 2.10. The number of carbonyl (C=O) groups is 1. The lowest BCUT2D eigenvalue weighted by Gasteiger charge is -2.26. The van der Waals surface area contributed by atoms with E-state index in [0.29, 0.717) is 6.42 Å². The fourth-order valence-corrected chi connectivity index (χ4v) is 2.10. The lowest BCUT2D eigenvalue weighted by Crippen LogP contribution is -2.35. The third-order valence-corrected chi connectivity index (χ3v) is 3.42. The number of carbonyl (C=O) groups excluding carboxylic acids is 1. The second-order valence-electron chi connectivity index (χ2n) is 5.91. The Balaban J connectivity index is 5.00. The molecule has 2 unspecified atom stereocenters. The topological polar surface area (TPSA) is 73.9 Å². The molecule has 0 aliphatic carbocycles. The lowest BCUT2D eigenvalue weighted by atomic mass is 9.75. The van der Waals surface area contributed by atoms with Crippen LogP contribution in [0, 0.1) is 39.9 Å². The van der Waals surface area contributed by atoms with Gasteiger partial charge in [0.1, 0.15) is 0 Å². The van der Waals surface area contributed by atoms with E-state index in [4.69, 9.17) is 15.3 Å². The Hall–Kier alpha value is -1.76. The second-order valence-corrected chi connectivity index (χ2v) is 5.91. The molecule has 22 heavy (non-hydrogen) atoms. The number of esters is 1. The standard InChI is InChI=1S/C15H21F3N2O2/c1-10(2)7-11(3)22-13(21)12(4)14(8-19,9-20)5-6-15(16,17)18/h10-12H,5-7H2,1-4H3. The molecule has 0 aromatic carbocycles. The molecule has 0 amide bonds. The Morgan fingerprint density at radius 2 is 1.59 bits per heavy atom. The van der Waals surface area contributed by atoms with Crippen LogP contribution in [0.5, 0.6) is 0 Å². The predicted octanol–water partition coefficient (Wildman–Crippen LogP) is 3.98. The van der Waals surface area contributed by atoms with E-state index in [9.17, 15) is 18.0 Å². The first kappa shape index (κ1) is 20.2. The Morgan fingerprint density at radius 3 is 1.95 bits per heavy atom. The van der Waals surface area contributed by atoms with Gasteiger partial charge in [0.05, 0.1) is 24.2 Å².